The summed E-state index contributed by atoms with van der Waals surface area (Å²) in [7, 11) is 0. The second-order valence-electron chi connectivity index (χ2n) is 6.61. The number of aromatic nitrogens is 1. The van der Waals surface area contributed by atoms with Crippen molar-refractivity contribution in [2.45, 2.75) is 13.0 Å². The van der Waals surface area contributed by atoms with E-state index < -0.39 is 0 Å². The first kappa shape index (κ1) is 17.1. The summed E-state index contributed by atoms with van der Waals surface area (Å²) in [6, 6.07) is 17.4. The SMILES string of the molecule is O=C(NCCCn1ccc2ccccc21)c1cccc(N2CCNC2=O)c1. The molecule has 2 N–H and O–H groups in total. The predicted octanol–water partition coefficient (Wildman–Crippen LogP) is 2.99. The first-order chi connectivity index (χ1) is 13.2. The third-order valence-corrected chi connectivity index (χ3v) is 4.82. The number of urea groups is 1. The molecule has 0 radical (unpaired) electrons. The van der Waals surface area contributed by atoms with Gasteiger partial charge in [0, 0.05) is 49.1 Å². The van der Waals surface area contributed by atoms with Crippen molar-refractivity contribution in [3.63, 3.8) is 0 Å². The Balaban J connectivity index is 1.32. The summed E-state index contributed by atoms with van der Waals surface area (Å²) < 4.78 is 2.20. The summed E-state index contributed by atoms with van der Waals surface area (Å²) in [5, 5.41) is 6.96. The van der Waals surface area contributed by atoms with Crippen molar-refractivity contribution in [3.8, 4) is 0 Å². The molecule has 0 unspecified atom stereocenters. The van der Waals surface area contributed by atoms with E-state index >= 15 is 0 Å². The van der Waals surface area contributed by atoms with Crippen molar-refractivity contribution in [2.75, 3.05) is 24.5 Å². The number of rotatable bonds is 6. The first-order valence-corrected chi connectivity index (χ1v) is 9.20. The largest absolute Gasteiger partial charge is 0.352 e. The Morgan fingerprint density at radius 2 is 2.00 bits per heavy atom. The molecular weight excluding hydrogens is 340 g/mol. The van der Waals surface area contributed by atoms with E-state index in [0.717, 1.165) is 18.7 Å². The lowest BCUT2D eigenvalue weighted by atomic mass is 10.1. The van der Waals surface area contributed by atoms with E-state index in [9.17, 15) is 9.59 Å². The molecule has 138 valence electrons. The lowest BCUT2D eigenvalue weighted by Gasteiger charge is -2.15. The first-order valence-electron chi connectivity index (χ1n) is 9.20. The van der Waals surface area contributed by atoms with Crippen molar-refractivity contribution in [2.24, 2.45) is 0 Å². The molecule has 3 amide bonds. The predicted molar refractivity (Wildman–Crippen MR) is 106 cm³/mol. The number of anilines is 1. The van der Waals surface area contributed by atoms with Gasteiger partial charge in [-0.1, -0.05) is 24.3 Å². The molecule has 0 spiro atoms. The molecule has 0 aliphatic carbocycles. The molecule has 1 aliphatic rings. The van der Waals surface area contributed by atoms with Crippen LogP contribution in [0.25, 0.3) is 10.9 Å². The Labute approximate surface area is 157 Å². The van der Waals surface area contributed by atoms with E-state index in [1.165, 1.54) is 10.9 Å². The zero-order valence-electron chi connectivity index (χ0n) is 15.0. The minimum atomic E-state index is -0.119. The molecule has 0 bridgehead atoms. The molecule has 1 aromatic heterocycles. The van der Waals surface area contributed by atoms with Gasteiger partial charge in [0.25, 0.3) is 5.91 Å². The number of benzene rings is 2. The monoisotopic (exact) mass is 362 g/mol. The van der Waals surface area contributed by atoms with Crippen LogP contribution in [0.2, 0.25) is 0 Å². The number of hydrogen-bond donors (Lipinski definition) is 2. The maximum Gasteiger partial charge on any atom is 0.321 e. The standard InChI is InChI=1S/C21H22N4O2/c26-20(17-6-3-7-18(15-17)25-14-11-23-21(25)27)22-10-4-12-24-13-9-16-5-1-2-8-19(16)24/h1-3,5-9,13,15H,4,10-12,14H2,(H,22,26)(H,23,27). The summed E-state index contributed by atoms with van der Waals surface area (Å²) in [5.74, 6) is -0.117. The molecule has 6 nitrogen and oxygen atoms in total. The molecule has 0 atom stereocenters. The molecule has 2 heterocycles. The van der Waals surface area contributed by atoms with Gasteiger partial charge in [0.15, 0.2) is 0 Å². The Morgan fingerprint density at radius 3 is 2.85 bits per heavy atom. The van der Waals surface area contributed by atoms with Gasteiger partial charge in [0.05, 0.1) is 0 Å². The zero-order chi connectivity index (χ0) is 18.6. The Kier molecular flexibility index (Phi) is 4.78. The van der Waals surface area contributed by atoms with Gasteiger partial charge in [0.2, 0.25) is 0 Å². The summed E-state index contributed by atoms with van der Waals surface area (Å²) in [6.45, 7) is 2.69. The highest BCUT2D eigenvalue weighted by Gasteiger charge is 2.21. The highest BCUT2D eigenvalue weighted by atomic mass is 16.2. The second kappa shape index (κ2) is 7.53. The Bertz CT molecular complexity index is 979. The smallest absolute Gasteiger partial charge is 0.321 e. The number of carbonyl (C=O) groups is 2. The molecule has 4 rings (SSSR count). The fraction of sp³-hybridized carbons (Fsp3) is 0.238. The highest BCUT2D eigenvalue weighted by molar-refractivity contribution is 5.98. The van der Waals surface area contributed by atoms with Gasteiger partial charge < -0.3 is 15.2 Å². The lowest BCUT2D eigenvalue weighted by molar-refractivity contribution is 0.0952. The zero-order valence-corrected chi connectivity index (χ0v) is 15.0. The maximum absolute atomic E-state index is 12.4. The summed E-state index contributed by atoms with van der Waals surface area (Å²) in [6.07, 6.45) is 2.93. The number of para-hydroxylation sites is 1. The number of aryl methyl sites for hydroxylation is 1. The van der Waals surface area contributed by atoms with Crippen LogP contribution >= 0.6 is 0 Å². The number of nitrogens with zero attached hydrogens (tertiary/aromatic N) is 2. The van der Waals surface area contributed by atoms with E-state index in [2.05, 4.69) is 39.6 Å². The summed E-state index contributed by atoms with van der Waals surface area (Å²) >= 11 is 0. The quantitative estimate of drug-likeness (QED) is 0.662. The van der Waals surface area contributed by atoms with Crippen LogP contribution in [0.5, 0.6) is 0 Å². The maximum atomic E-state index is 12.4. The second-order valence-corrected chi connectivity index (χ2v) is 6.61. The van der Waals surface area contributed by atoms with Crippen molar-refractivity contribution in [1.82, 2.24) is 15.2 Å². The van der Waals surface area contributed by atoms with Crippen LogP contribution in [0.1, 0.15) is 16.8 Å². The van der Waals surface area contributed by atoms with Crippen LogP contribution < -0.4 is 15.5 Å². The summed E-state index contributed by atoms with van der Waals surface area (Å²) in [5.41, 5.74) is 2.52. The topological polar surface area (TPSA) is 66.4 Å². The fourth-order valence-electron chi connectivity index (χ4n) is 3.42. The third-order valence-electron chi connectivity index (χ3n) is 4.82. The minimum Gasteiger partial charge on any atom is -0.352 e. The number of fused-ring (bicyclic) bond motifs is 1. The average Bonchev–Trinajstić information content (AvgIpc) is 3.31. The van der Waals surface area contributed by atoms with Crippen LogP contribution in [0.3, 0.4) is 0 Å². The van der Waals surface area contributed by atoms with E-state index in [-0.39, 0.29) is 11.9 Å². The van der Waals surface area contributed by atoms with Crippen molar-refractivity contribution < 1.29 is 9.59 Å². The van der Waals surface area contributed by atoms with Gasteiger partial charge in [-0.3, -0.25) is 9.69 Å². The fourth-order valence-corrected chi connectivity index (χ4v) is 3.42. The molecule has 1 fully saturated rings. The number of amides is 3. The molecule has 6 heteroatoms. The number of hydrogen-bond acceptors (Lipinski definition) is 2. The van der Waals surface area contributed by atoms with Crippen LogP contribution in [-0.4, -0.2) is 36.1 Å². The van der Waals surface area contributed by atoms with Gasteiger partial charge >= 0.3 is 6.03 Å². The third kappa shape index (κ3) is 3.65. The van der Waals surface area contributed by atoms with Crippen LogP contribution in [0.4, 0.5) is 10.5 Å². The molecule has 27 heavy (non-hydrogen) atoms. The van der Waals surface area contributed by atoms with Gasteiger partial charge in [-0.25, -0.2) is 4.79 Å². The number of carbonyl (C=O) groups excluding carboxylic acids is 2. The van der Waals surface area contributed by atoms with Gasteiger partial charge in [-0.2, -0.15) is 0 Å². The normalized spacial score (nSPS) is 13.8. The average molecular weight is 362 g/mol. The van der Waals surface area contributed by atoms with E-state index in [0.29, 0.717) is 25.2 Å². The highest BCUT2D eigenvalue weighted by Crippen LogP contribution is 2.18. The van der Waals surface area contributed by atoms with Crippen molar-refractivity contribution >= 4 is 28.5 Å². The van der Waals surface area contributed by atoms with E-state index in [1.807, 2.05) is 24.3 Å². The Hall–Kier alpha value is -3.28. The van der Waals surface area contributed by atoms with Gasteiger partial charge in [0.1, 0.15) is 0 Å². The molecule has 1 aliphatic heterocycles. The van der Waals surface area contributed by atoms with E-state index in [1.54, 1.807) is 17.0 Å². The van der Waals surface area contributed by atoms with Gasteiger partial charge in [-0.15, -0.1) is 0 Å². The summed E-state index contributed by atoms with van der Waals surface area (Å²) in [4.78, 5) is 25.9. The molecular formula is C21H22N4O2. The molecule has 2 aromatic carbocycles. The van der Waals surface area contributed by atoms with Crippen LogP contribution in [0, 0.1) is 0 Å². The Morgan fingerprint density at radius 1 is 1.11 bits per heavy atom. The van der Waals surface area contributed by atoms with Crippen LogP contribution in [0.15, 0.2) is 60.8 Å². The van der Waals surface area contributed by atoms with E-state index in [4.69, 9.17) is 0 Å². The molecule has 3 aromatic rings. The minimum absolute atomic E-state index is 0.117. The number of nitrogens with one attached hydrogen (secondary N) is 2. The molecule has 1 saturated heterocycles. The van der Waals surface area contributed by atoms with Crippen molar-refractivity contribution in [1.29, 1.82) is 0 Å². The van der Waals surface area contributed by atoms with Crippen LogP contribution in [-0.2, 0) is 6.54 Å². The van der Waals surface area contributed by atoms with Gasteiger partial charge in [-0.05, 0) is 42.1 Å². The lowest BCUT2D eigenvalue weighted by Crippen LogP contribution is -2.28. The molecule has 0 saturated carbocycles. The van der Waals surface area contributed by atoms with Crippen molar-refractivity contribution in [3.05, 3.63) is 66.4 Å².